The van der Waals surface area contributed by atoms with E-state index in [1.54, 1.807) is 6.20 Å². The van der Waals surface area contributed by atoms with Crippen LogP contribution in [0.15, 0.2) is 47.1 Å². The maximum absolute atomic E-state index is 6.07. The van der Waals surface area contributed by atoms with Crippen LogP contribution in [0.5, 0.6) is 0 Å². The van der Waals surface area contributed by atoms with Crippen LogP contribution in [0.25, 0.3) is 0 Å². The highest BCUT2D eigenvalue weighted by molar-refractivity contribution is 9.10. The molecule has 6 heteroatoms. The van der Waals surface area contributed by atoms with Crippen LogP contribution in [0.4, 0.5) is 5.82 Å². The van der Waals surface area contributed by atoms with Crippen LogP contribution in [0, 0.1) is 0 Å². The van der Waals surface area contributed by atoms with Crippen LogP contribution < -0.4 is 10.8 Å². The zero-order chi connectivity index (χ0) is 17.4. The highest BCUT2D eigenvalue weighted by Gasteiger charge is 2.51. The second kappa shape index (κ2) is 6.50. The summed E-state index contributed by atoms with van der Waals surface area (Å²) in [6, 6.07) is 12.2. The maximum atomic E-state index is 6.07. The number of hydrogen-bond acceptors (Lipinski definition) is 4. The van der Waals surface area contributed by atoms with Crippen LogP contribution >= 0.6 is 15.9 Å². The molecule has 3 rings (SSSR count). The molecule has 1 saturated heterocycles. The molecule has 1 aliphatic heterocycles. The van der Waals surface area contributed by atoms with Gasteiger partial charge >= 0.3 is 7.12 Å². The van der Waals surface area contributed by atoms with Crippen molar-refractivity contribution in [2.75, 3.05) is 5.32 Å². The van der Waals surface area contributed by atoms with Crippen LogP contribution in [0.1, 0.15) is 33.3 Å². The molecule has 1 aromatic heterocycles. The van der Waals surface area contributed by atoms with Gasteiger partial charge in [0.1, 0.15) is 5.82 Å². The molecule has 1 aliphatic rings. The summed E-state index contributed by atoms with van der Waals surface area (Å²) in [6.07, 6.45) is 1.81. The molecular weight excluding hydrogens is 367 g/mol. The molecule has 0 saturated carbocycles. The Morgan fingerprint density at radius 2 is 1.71 bits per heavy atom. The first-order valence-electron chi connectivity index (χ1n) is 8.07. The molecule has 2 heterocycles. The number of aromatic nitrogens is 1. The van der Waals surface area contributed by atoms with Crippen molar-refractivity contribution in [3.63, 3.8) is 0 Å². The Morgan fingerprint density at radius 1 is 1.08 bits per heavy atom. The normalized spacial score (nSPS) is 18.6. The summed E-state index contributed by atoms with van der Waals surface area (Å²) in [5.74, 6) is 0.805. The fraction of sp³-hybridized carbons (Fsp3) is 0.389. The van der Waals surface area contributed by atoms with E-state index in [2.05, 4.69) is 38.4 Å². The Labute approximate surface area is 152 Å². The molecule has 0 spiro atoms. The lowest BCUT2D eigenvalue weighted by molar-refractivity contribution is 0.00578. The van der Waals surface area contributed by atoms with Crippen molar-refractivity contribution in [3.8, 4) is 0 Å². The predicted molar refractivity (Wildman–Crippen MR) is 101 cm³/mol. The minimum Gasteiger partial charge on any atom is -0.399 e. The number of anilines is 1. The van der Waals surface area contributed by atoms with E-state index in [-0.39, 0.29) is 11.2 Å². The molecule has 0 radical (unpaired) electrons. The van der Waals surface area contributed by atoms with E-state index in [4.69, 9.17) is 9.31 Å². The molecule has 0 amide bonds. The SMILES string of the molecule is CC1(C)OB(c2cnc(NCc3ccccc3)c(Br)c2)OC1(C)C. The van der Waals surface area contributed by atoms with Gasteiger partial charge in [0.2, 0.25) is 0 Å². The van der Waals surface area contributed by atoms with Gasteiger partial charge in [-0.05, 0) is 55.3 Å². The molecule has 0 atom stereocenters. The smallest absolute Gasteiger partial charge is 0.399 e. The summed E-state index contributed by atoms with van der Waals surface area (Å²) in [5.41, 5.74) is 1.41. The maximum Gasteiger partial charge on any atom is 0.496 e. The van der Waals surface area contributed by atoms with Crippen LogP contribution in [0.3, 0.4) is 0 Å². The van der Waals surface area contributed by atoms with Gasteiger partial charge in [-0.3, -0.25) is 0 Å². The van der Waals surface area contributed by atoms with E-state index in [9.17, 15) is 0 Å². The number of pyridine rings is 1. The quantitative estimate of drug-likeness (QED) is 0.810. The summed E-state index contributed by atoms with van der Waals surface area (Å²) in [4.78, 5) is 4.52. The van der Waals surface area contributed by atoms with Gasteiger partial charge in [0.25, 0.3) is 0 Å². The van der Waals surface area contributed by atoms with Crippen molar-refractivity contribution < 1.29 is 9.31 Å². The first-order valence-corrected chi connectivity index (χ1v) is 8.87. The van der Waals surface area contributed by atoms with E-state index in [0.29, 0.717) is 0 Å². The number of nitrogens with one attached hydrogen (secondary N) is 1. The fourth-order valence-corrected chi connectivity index (χ4v) is 2.98. The van der Waals surface area contributed by atoms with Crippen LogP contribution in [-0.4, -0.2) is 23.3 Å². The lowest BCUT2D eigenvalue weighted by atomic mass is 9.80. The summed E-state index contributed by atoms with van der Waals surface area (Å²) in [7, 11) is -0.401. The van der Waals surface area contributed by atoms with Crippen molar-refractivity contribution in [2.24, 2.45) is 0 Å². The Hall–Kier alpha value is -1.37. The highest BCUT2D eigenvalue weighted by Crippen LogP contribution is 2.36. The first kappa shape index (κ1) is 17.5. The first-order chi connectivity index (χ1) is 11.3. The molecule has 0 unspecified atom stereocenters. The monoisotopic (exact) mass is 388 g/mol. The van der Waals surface area contributed by atoms with E-state index < -0.39 is 7.12 Å². The van der Waals surface area contributed by atoms with Gasteiger partial charge in [0, 0.05) is 18.2 Å². The number of halogens is 1. The minimum absolute atomic E-state index is 0.353. The second-order valence-electron chi connectivity index (χ2n) is 7.03. The van der Waals surface area contributed by atoms with Gasteiger partial charge < -0.3 is 14.6 Å². The summed E-state index contributed by atoms with van der Waals surface area (Å²) >= 11 is 3.59. The lowest BCUT2D eigenvalue weighted by Crippen LogP contribution is -2.41. The molecule has 126 valence electrons. The number of nitrogens with zero attached hydrogens (tertiary/aromatic N) is 1. The number of rotatable bonds is 4. The Bertz CT molecular complexity index is 706. The third-order valence-corrected chi connectivity index (χ3v) is 5.30. The summed E-state index contributed by atoms with van der Waals surface area (Å²) < 4.78 is 13.0. The molecule has 4 nitrogen and oxygen atoms in total. The van der Waals surface area contributed by atoms with E-state index >= 15 is 0 Å². The van der Waals surface area contributed by atoms with Gasteiger partial charge in [0.15, 0.2) is 0 Å². The summed E-state index contributed by atoms with van der Waals surface area (Å²) in [5, 5.41) is 3.34. The average Bonchev–Trinajstić information content (AvgIpc) is 2.75. The van der Waals surface area contributed by atoms with E-state index in [1.165, 1.54) is 5.56 Å². The van der Waals surface area contributed by atoms with Gasteiger partial charge in [-0.2, -0.15) is 0 Å². The average molecular weight is 389 g/mol. The predicted octanol–water partition coefficient (Wildman–Crippen LogP) is 3.76. The van der Waals surface area contributed by atoms with Gasteiger partial charge in [-0.1, -0.05) is 30.3 Å². The molecule has 1 fully saturated rings. The van der Waals surface area contributed by atoms with Crippen molar-refractivity contribution >= 4 is 34.3 Å². The van der Waals surface area contributed by atoms with Gasteiger partial charge in [-0.25, -0.2) is 4.98 Å². The second-order valence-corrected chi connectivity index (χ2v) is 7.88. The van der Waals surface area contributed by atoms with Crippen molar-refractivity contribution in [3.05, 3.63) is 52.6 Å². The Balaban J connectivity index is 1.71. The fourth-order valence-electron chi connectivity index (χ4n) is 2.47. The van der Waals surface area contributed by atoms with Gasteiger partial charge in [0.05, 0.1) is 15.7 Å². The Kier molecular flexibility index (Phi) is 4.73. The van der Waals surface area contributed by atoms with Gasteiger partial charge in [-0.15, -0.1) is 0 Å². The molecule has 1 aromatic carbocycles. The topological polar surface area (TPSA) is 43.4 Å². The van der Waals surface area contributed by atoms with Crippen molar-refractivity contribution in [1.82, 2.24) is 4.98 Å². The minimum atomic E-state index is -0.401. The highest BCUT2D eigenvalue weighted by atomic mass is 79.9. The number of hydrogen-bond donors (Lipinski definition) is 1. The zero-order valence-electron chi connectivity index (χ0n) is 14.5. The Morgan fingerprint density at radius 3 is 2.29 bits per heavy atom. The molecule has 0 bridgehead atoms. The van der Waals surface area contributed by atoms with Crippen molar-refractivity contribution in [1.29, 1.82) is 0 Å². The third-order valence-electron chi connectivity index (χ3n) is 4.69. The third kappa shape index (κ3) is 3.51. The molecular formula is C18H22BBrN2O2. The molecule has 0 aliphatic carbocycles. The van der Waals surface area contributed by atoms with Crippen LogP contribution in [-0.2, 0) is 15.9 Å². The zero-order valence-corrected chi connectivity index (χ0v) is 16.1. The summed E-state index contributed by atoms with van der Waals surface area (Å²) in [6.45, 7) is 8.91. The van der Waals surface area contributed by atoms with E-state index in [1.807, 2.05) is 52.0 Å². The van der Waals surface area contributed by atoms with Crippen LogP contribution in [0.2, 0.25) is 0 Å². The molecule has 24 heavy (non-hydrogen) atoms. The number of benzene rings is 1. The molecule has 1 N–H and O–H groups in total. The molecule has 2 aromatic rings. The lowest BCUT2D eigenvalue weighted by Gasteiger charge is -2.32. The standard InChI is InChI=1S/C18H22BBrN2O2/c1-17(2)18(3,4)24-19(23-17)14-10-15(20)16(22-12-14)21-11-13-8-6-5-7-9-13/h5-10,12H,11H2,1-4H3,(H,21,22). The van der Waals surface area contributed by atoms with Crippen molar-refractivity contribution in [2.45, 2.75) is 45.4 Å². The van der Waals surface area contributed by atoms with E-state index in [0.717, 1.165) is 22.3 Å². The largest absolute Gasteiger partial charge is 0.496 e.